The first-order valence-corrected chi connectivity index (χ1v) is 8.24. The molecule has 2 rings (SSSR count). The standard InChI is InChI=1S/C19H20ClNO4/c1-12-10-15(25-11-18(22)23)7-8-17(12)21-19(24)13(2)9-14-5-3-4-6-16(14)20/h3-8,10,13H,9,11H2,1-2H3,(H,21,24)(H,22,23). The van der Waals surface area contributed by atoms with Gasteiger partial charge in [-0.25, -0.2) is 4.79 Å². The van der Waals surface area contributed by atoms with Gasteiger partial charge in [0.1, 0.15) is 5.75 Å². The number of anilines is 1. The molecule has 0 radical (unpaired) electrons. The Morgan fingerprint density at radius 2 is 1.96 bits per heavy atom. The summed E-state index contributed by atoms with van der Waals surface area (Å²) in [6, 6.07) is 12.5. The topological polar surface area (TPSA) is 75.6 Å². The highest BCUT2D eigenvalue weighted by atomic mass is 35.5. The van der Waals surface area contributed by atoms with Crippen LogP contribution < -0.4 is 10.1 Å². The molecule has 0 fully saturated rings. The summed E-state index contributed by atoms with van der Waals surface area (Å²) in [5.41, 5.74) is 2.39. The van der Waals surface area contributed by atoms with E-state index >= 15 is 0 Å². The van der Waals surface area contributed by atoms with E-state index in [1.165, 1.54) is 0 Å². The number of aryl methyl sites for hydroxylation is 1. The summed E-state index contributed by atoms with van der Waals surface area (Å²) in [7, 11) is 0. The van der Waals surface area contributed by atoms with E-state index in [1.54, 1.807) is 18.2 Å². The lowest BCUT2D eigenvalue weighted by Crippen LogP contribution is -2.22. The summed E-state index contributed by atoms with van der Waals surface area (Å²) >= 11 is 6.14. The van der Waals surface area contributed by atoms with E-state index in [4.69, 9.17) is 21.4 Å². The first kappa shape index (κ1) is 18.8. The van der Waals surface area contributed by atoms with Gasteiger partial charge in [0, 0.05) is 16.6 Å². The Kier molecular flexibility index (Phi) is 6.42. The maximum absolute atomic E-state index is 12.4. The van der Waals surface area contributed by atoms with Crippen LogP contribution in [0, 0.1) is 12.8 Å². The Balaban J connectivity index is 1.99. The number of aliphatic carboxylic acids is 1. The Bertz CT molecular complexity index is 776. The first-order valence-electron chi connectivity index (χ1n) is 7.86. The Labute approximate surface area is 151 Å². The molecule has 0 aliphatic heterocycles. The molecule has 1 atom stereocenters. The predicted molar refractivity (Wildman–Crippen MR) is 97.3 cm³/mol. The molecule has 0 saturated heterocycles. The number of benzene rings is 2. The van der Waals surface area contributed by atoms with Gasteiger partial charge < -0.3 is 15.2 Å². The molecular weight excluding hydrogens is 342 g/mol. The second-order valence-electron chi connectivity index (χ2n) is 5.84. The third-order valence-electron chi connectivity index (χ3n) is 3.75. The van der Waals surface area contributed by atoms with Crippen LogP contribution in [0.4, 0.5) is 5.69 Å². The van der Waals surface area contributed by atoms with Gasteiger partial charge in [-0.15, -0.1) is 0 Å². The van der Waals surface area contributed by atoms with Crippen molar-refractivity contribution in [3.8, 4) is 5.75 Å². The van der Waals surface area contributed by atoms with Gasteiger partial charge in [0.15, 0.2) is 6.61 Å². The fourth-order valence-corrected chi connectivity index (χ4v) is 2.57. The number of carbonyl (C=O) groups excluding carboxylic acids is 1. The minimum absolute atomic E-state index is 0.109. The second kappa shape index (κ2) is 8.53. The highest BCUT2D eigenvalue weighted by Crippen LogP contribution is 2.23. The molecule has 2 N–H and O–H groups in total. The van der Waals surface area contributed by atoms with Crippen LogP contribution in [0.25, 0.3) is 0 Å². The number of hydrogen-bond donors (Lipinski definition) is 2. The minimum atomic E-state index is -1.04. The third-order valence-corrected chi connectivity index (χ3v) is 4.12. The number of amides is 1. The average molecular weight is 362 g/mol. The van der Waals surface area contributed by atoms with Crippen molar-refractivity contribution in [3.63, 3.8) is 0 Å². The van der Waals surface area contributed by atoms with E-state index < -0.39 is 12.6 Å². The van der Waals surface area contributed by atoms with E-state index in [1.807, 2.05) is 38.1 Å². The van der Waals surface area contributed by atoms with Crippen molar-refractivity contribution in [1.29, 1.82) is 0 Å². The fraction of sp³-hybridized carbons (Fsp3) is 0.263. The quantitative estimate of drug-likeness (QED) is 0.783. The van der Waals surface area contributed by atoms with Crippen molar-refractivity contribution in [1.82, 2.24) is 0 Å². The van der Waals surface area contributed by atoms with E-state index in [0.717, 1.165) is 11.1 Å². The molecule has 6 heteroatoms. The molecule has 2 aromatic rings. The van der Waals surface area contributed by atoms with E-state index in [0.29, 0.717) is 22.9 Å². The average Bonchev–Trinajstić information content (AvgIpc) is 2.57. The number of carboxylic acids is 1. The molecule has 0 saturated carbocycles. The predicted octanol–water partition coefficient (Wildman–Crippen LogP) is 3.93. The highest BCUT2D eigenvalue weighted by molar-refractivity contribution is 6.31. The molecule has 0 aliphatic rings. The number of nitrogens with one attached hydrogen (secondary N) is 1. The first-order chi connectivity index (χ1) is 11.9. The molecule has 132 valence electrons. The number of ether oxygens (including phenoxy) is 1. The zero-order valence-electron chi connectivity index (χ0n) is 14.1. The molecule has 25 heavy (non-hydrogen) atoms. The fourth-order valence-electron chi connectivity index (χ4n) is 2.35. The van der Waals surface area contributed by atoms with Crippen LogP contribution in [0.2, 0.25) is 5.02 Å². The zero-order valence-corrected chi connectivity index (χ0v) is 14.8. The SMILES string of the molecule is Cc1cc(OCC(=O)O)ccc1NC(=O)C(C)Cc1ccccc1Cl. The van der Waals surface area contributed by atoms with Crippen LogP contribution in [-0.4, -0.2) is 23.6 Å². The van der Waals surface area contributed by atoms with E-state index in [2.05, 4.69) is 5.32 Å². The van der Waals surface area contributed by atoms with Crippen LogP contribution in [0.1, 0.15) is 18.1 Å². The molecule has 0 bridgehead atoms. The summed E-state index contributed by atoms with van der Waals surface area (Å²) in [6.45, 7) is 3.26. The Hall–Kier alpha value is -2.53. The Morgan fingerprint density at radius 1 is 1.24 bits per heavy atom. The summed E-state index contributed by atoms with van der Waals surface area (Å²) in [6.07, 6.45) is 0.546. The van der Waals surface area contributed by atoms with Crippen LogP contribution >= 0.6 is 11.6 Å². The van der Waals surface area contributed by atoms with Gasteiger partial charge in [-0.1, -0.05) is 36.7 Å². The molecular formula is C19H20ClNO4. The number of hydrogen-bond acceptors (Lipinski definition) is 3. The molecule has 0 aromatic heterocycles. The lowest BCUT2D eigenvalue weighted by Gasteiger charge is -2.15. The highest BCUT2D eigenvalue weighted by Gasteiger charge is 2.16. The maximum atomic E-state index is 12.4. The largest absolute Gasteiger partial charge is 0.482 e. The van der Waals surface area contributed by atoms with Gasteiger partial charge in [-0.3, -0.25) is 4.79 Å². The van der Waals surface area contributed by atoms with Crippen LogP contribution in [0.5, 0.6) is 5.75 Å². The zero-order chi connectivity index (χ0) is 18.4. The molecule has 1 unspecified atom stereocenters. The lowest BCUT2D eigenvalue weighted by molar-refractivity contribution is -0.139. The molecule has 0 spiro atoms. The minimum Gasteiger partial charge on any atom is -0.482 e. The van der Waals surface area contributed by atoms with E-state index in [-0.39, 0.29) is 11.8 Å². The van der Waals surface area contributed by atoms with Crippen molar-refractivity contribution in [2.45, 2.75) is 20.3 Å². The van der Waals surface area contributed by atoms with Crippen LogP contribution in [0.3, 0.4) is 0 Å². The molecule has 2 aromatic carbocycles. The smallest absolute Gasteiger partial charge is 0.341 e. The summed E-state index contributed by atoms with van der Waals surface area (Å²) < 4.78 is 5.12. The van der Waals surface area contributed by atoms with Crippen molar-refractivity contribution >= 4 is 29.2 Å². The number of carboxylic acid groups (broad SMARTS) is 1. The molecule has 5 nitrogen and oxygen atoms in total. The monoisotopic (exact) mass is 361 g/mol. The van der Waals surface area contributed by atoms with Gasteiger partial charge >= 0.3 is 5.97 Å². The normalized spacial score (nSPS) is 11.6. The van der Waals surface area contributed by atoms with Gasteiger partial charge in [-0.05, 0) is 48.7 Å². The van der Waals surface area contributed by atoms with Crippen LogP contribution in [0.15, 0.2) is 42.5 Å². The van der Waals surface area contributed by atoms with Crippen molar-refractivity contribution in [3.05, 3.63) is 58.6 Å². The molecule has 0 heterocycles. The number of halogens is 1. The van der Waals surface area contributed by atoms with Crippen molar-refractivity contribution in [2.75, 3.05) is 11.9 Å². The van der Waals surface area contributed by atoms with Crippen molar-refractivity contribution in [2.24, 2.45) is 5.92 Å². The van der Waals surface area contributed by atoms with Gasteiger partial charge in [0.05, 0.1) is 0 Å². The second-order valence-corrected chi connectivity index (χ2v) is 6.25. The number of carbonyl (C=O) groups is 2. The Morgan fingerprint density at radius 3 is 2.60 bits per heavy atom. The van der Waals surface area contributed by atoms with Crippen molar-refractivity contribution < 1.29 is 19.4 Å². The van der Waals surface area contributed by atoms with Crippen LogP contribution in [-0.2, 0) is 16.0 Å². The summed E-state index contributed by atoms with van der Waals surface area (Å²) in [5.74, 6) is -0.949. The van der Waals surface area contributed by atoms with Gasteiger partial charge in [0.25, 0.3) is 0 Å². The number of rotatable bonds is 7. The summed E-state index contributed by atoms with van der Waals surface area (Å²) in [5, 5.41) is 12.2. The molecule has 1 amide bonds. The van der Waals surface area contributed by atoms with E-state index in [9.17, 15) is 9.59 Å². The maximum Gasteiger partial charge on any atom is 0.341 e. The summed E-state index contributed by atoms with van der Waals surface area (Å²) in [4.78, 5) is 22.9. The lowest BCUT2D eigenvalue weighted by atomic mass is 10.00. The van der Waals surface area contributed by atoms with Gasteiger partial charge in [-0.2, -0.15) is 0 Å². The third kappa shape index (κ3) is 5.50. The van der Waals surface area contributed by atoms with Gasteiger partial charge in [0.2, 0.25) is 5.91 Å². The molecule has 0 aliphatic carbocycles.